The SMILES string of the molecule is Cc1nn2c(NC(C)(C)CC(C)(C)C)c(C(C)(C)C)[nH]c2c1C(=O)Nc1ccc(F)cc1. The summed E-state index contributed by atoms with van der Waals surface area (Å²) in [6.07, 6.45) is 0.953. The molecular formula is C25H36FN5O. The van der Waals surface area contributed by atoms with Crippen LogP contribution in [0.1, 0.15) is 83.6 Å². The fourth-order valence-corrected chi connectivity index (χ4v) is 4.44. The maximum absolute atomic E-state index is 13.2. The van der Waals surface area contributed by atoms with E-state index in [2.05, 4.69) is 71.0 Å². The number of rotatable bonds is 5. The molecule has 0 fully saturated rings. The zero-order valence-corrected chi connectivity index (χ0v) is 20.7. The minimum atomic E-state index is -0.347. The molecule has 174 valence electrons. The predicted molar refractivity (Wildman–Crippen MR) is 129 cm³/mol. The van der Waals surface area contributed by atoms with Crippen molar-refractivity contribution >= 4 is 23.1 Å². The second-order valence-electron chi connectivity index (χ2n) is 11.5. The number of carbonyl (C=O) groups is 1. The Morgan fingerprint density at radius 2 is 1.66 bits per heavy atom. The Kier molecular flexibility index (Phi) is 5.91. The van der Waals surface area contributed by atoms with Gasteiger partial charge in [0, 0.05) is 16.6 Å². The van der Waals surface area contributed by atoms with Crippen molar-refractivity contribution in [2.75, 3.05) is 10.6 Å². The molecule has 0 aliphatic rings. The van der Waals surface area contributed by atoms with Crippen molar-refractivity contribution in [1.29, 1.82) is 0 Å². The number of hydrogen-bond acceptors (Lipinski definition) is 3. The summed E-state index contributed by atoms with van der Waals surface area (Å²) in [4.78, 5) is 16.6. The Balaban J connectivity index is 2.07. The summed E-state index contributed by atoms with van der Waals surface area (Å²) in [6.45, 7) is 19.3. The lowest BCUT2D eigenvalue weighted by Gasteiger charge is -2.34. The summed E-state index contributed by atoms with van der Waals surface area (Å²) < 4.78 is 15.0. The molecule has 0 bridgehead atoms. The number of hydrogen-bond donors (Lipinski definition) is 3. The van der Waals surface area contributed by atoms with E-state index in [4.69, 9.17) is 5.10 Å². The highest BCUT2D eigenvalue weighted by Crippen LogP contribution is 2.36. The van der Waals surface area contributed by atoms with Crippen LogP contribution in [0, 0.1) is 18.2 Å². The van der Waals surface area contributed by atoms with Crippen LogP contribution in [-0.2, 0) is 5.41 Å². The molecule has 1 aromatic carbocycles. The van der Waals surface area contributed by atoms with Gasteiger partial charge >= 0.3 is 0 Å². The van der Waals surface area contributed by atoms with E-state index in [-0.39, 0.29) is 28.1 Å². The lowest BCUT2D eigenvalue weighted by molar-refractivity contribution is 0.102. The lowest BCUT2D eigenvalue weighted by atomic mass is 9.81. The number of aryl methyl sites for hydroxylation is 1. The van der Waals surface area contributed by atoms with E-state index < -0.39 is 0 Å². The molecule has 3 rings (SSSR count). The summed E-state index contributed by atoms with van der Waals surface area (Å²) in [5.74, 6) is 0.233. The number of imidazole rings is 1. The molecule has 0 radical (unpaired) electrons. The van der Waals surface area contributed by atoms with Gasteiger partial charge in [-0.3, -0.25) is 4.79 Å². The van der Waals surface area contributed by atoms with Crippen LogP contribution >= 0.6 is 0 Å². The Morgan fingerprint density at radius 3 is 2.19 bits per heavy atom. The average Bonchev–Trinajstić information content (AvgIpc) is 3.09. The average molecular weight is 442 g/mol. The van der Waals surface area contributed by atoms with E-state index in [1.165, 1.54) is 12.1 Å². The standard InChI is InChI=1S/C25H36FN5O/c1-15-18(22(32)27-17-12-10-16(26)11-13-17)20-28-19(24(5,6)7)21(31(20)30-15)29-25(8,9)14-23(2,3)4/h10-13,28-29H,14H2,1-9H3,(H,27,32). The van der Waals surface area contributed by atoms with Crippen LogP contribution in [-0.4, -0.2) is 26.0 Å². The van der Waals surface area contributed by atoms with Gasteiger partial charge in [-0.25, -0.2) is 4.39 Å². The molecule has 0 spiro atoms. The highest BCUT2D eigenvalue weighted by molar-refractivity contribution is 6.09. The van der Waals surface area contributed by atoms with Gasteiger partial charge in [0.15, 0.2) is 0 Å². The summed E-state index contributed by atoms with van der Waals surface area (Å²) in [7, 11) is 0. The van der Waals surface area contributed by atoms with E-state index in [0.717, 1.165) is 17.9 Å². The first kappa shape index (κ1) is 23.8. The van der Waals surface area contributed by atoms with Crippen molar-refractivity contribution in [3.05, 3.63) is 47.0 Å². The van der Waals surface area contributed by atoms with Crippen LogP contribution in [0.15, 0.2) is 24.3 Å². The van der Waals surface area contributed by atoms with Crippen LogP contribution < -0.4 is 10.6 Å². The molecular weight excluding hydrogens is 405 g/mol. The molecule has 0 unspecified atom stereocenters. The van der Waals surface area contributed by atoms with E-state index >= 15 is 0 Å². The largest absolute Gasteiger partial charge is 0.364 e. The van der Waals surface area contributed by atoms with Gasteiger partial charge in [-0.2, -0.15) is 9.61 Å². The van der Waals surface area contributed by atoms with Gasteiger partial charge in [-0.05, 0) is 56.9 Å². The molecule has 2 aromatic heterocycles. The molecule has 0 saturated carbocycles. The molecule has 0 aliphatic carbocycles. The van der Waals surface area contributed by atoms with Gasteiger partial charge in [0.1, 0.15) is 22.8 Å². The topological polar surface area (TPSA) is 74.2 Å². The smallest absolute Gasteiger partial charge is 0.261 e. The van der Waals surface area contributed by atoms with Crippen molar-refractivity contribution in [3.8, 4) is 0 Å². The molecule has 6 nitrogen and oxygen atoms in total. The third kappa shape index (κ3) is 5.14. The fraction of sp³-hybridized carbons (Fsp3) is 0.520. The lowest BCUT2D eigenvalue weighted by Crippen LogP contribution is -2.36. The van der Waals surface area contributed by atoms with Gasteiger partial charge in [0.2, 0.25) is 0 Å². The monoisotopic (exact) mass is 441 g/mol. The number of amides is 1. The number of H-pyrrole nitrogens is 1. The molecule has 32 heavy (non-hydrogen) atoms. The van der Waals surface area contributed by atoms with Gasteiger partial charge in [-0.1, -0.05) is 41.5 Å². The van der Waals surface area contributed by atoms with Gasteiger partial charge < -0.3 is 15.6 Å². The second-order valence-corrected chi connectivity index (χ2v) is 11.5. The summed E-state index contributed by atoms with van der Waals surface area (Å²) >= 11 is 0. The summed E-state index contributed by atoms with van der Waals surface area (Å²) in [5, 5.41) is 11.3. The van der Waals surface area contributed by atoms with Crippen LogP contribution in [0.4, 0.5) is 15.9 Å². The van der Waals surface area contributed by atoms with E-state index in [0.29, 0.717) is 22.6 Å². The molecule has 1 amide bonds. The van der Waals surface area contributed by atoms with E-state index in [1.807, 2.05) is 6.92 Å². The van der Waals surface area contributed by atoms with Crippen LogP contribution in [0.3, 0.4) is 0 Å². The minimum Gasteiger partial charge on any atom is -0.364 e. The molecule has 3 aromatic rings. The first-order valence-electron chi connectivity index (χ1n) is 11.0. The van der Waals surface area contributed by atoms with Gasteiger partial charge in [0.05, 0.1) is 11.4 Å². The van der Waals surface area contributed by atoms with E-state index in [1.54, 1.807) is 16.6 Å². The number of aromatic nitrogens is 3. The van der Waals surface area contributed by atoms with Crippen molar-refractivity contribution in [2.24, 2.45) is 5.41 Å². The maximum atomic E-state index is 13.2. The highest BCUT2D eigenvalue weighted by Gasteiger charge is 2.32. The first-order valence-corrected chi connectivity index (χ1v) is 11.0. The Hall–Kier alpha value is -2.83. The number of halogens is 1. The first-order chi connectivity index (χ1) is 14.6. The summed E-state index contributed by atoms with van der Waals surface area (Å²) in [5.41, 5.74) is 3.01. The number of fused-ring (bicyclic) bond motifs is 1. The number of carbonyl (C=O) groups excluding carboxylic acids is 1. The molecule has 0 saturated heterocycles. The molecule has 0 aliphatic heterocycles. The second kappa shape index (κ2) is 7.94. The third-order valence-electron chi connectivity index (χ3n) is 5.26. The Bertz CT molecular complexity index is 1120. The fourth-order valence-electron chi connectivity index (χ4n) is 4.44. The van der Waals surface area contributed by atoms with Crippen LogP contribution in [0.2, 0.25) is 0 Å². The number of benzene rings is 1. The zero-order valence-electron chi connectivity index (χ0n) is 20.7. The molecule has 3 N–H and O–H groups in total. The van der Waals surface area contributed by atoms with Crippen molar-refractivity contribution < 1.29 is 9.18 Å². The normalized spacial score (nSPS) is 12.9. The summed E-state index contributed by atoms with van der Waals surface area (Å²) in [6, 6.07) is 5.73. The Morgan fingerprint density at radius 1 is 1.06 bits per heavy atom. The number of anilines is 2. The highest BCUT2D eigenvalue weighted by atomic mass is 19.1. The quantitative estimate of drug-likeness (QED) is 0.436. The molecule has 0 atom stereocenters. The zero-order chi connectivity index (χ0) is 24.1. The maximum Gasteiger partial charge on any atom is 0.261 e. The number of nitrogens with zero attached hydrogens (tertiary/aromatic N) is 2. The predicted octanol–water partition coefficient (Wildman–Crippen LogP) is 6.29. The minimum absolute atomic E-state index is 0.147. The molecule has 2 heterocycles. The van der Waals surface area contributed by atoms with Crippen molar-refractivity contribution in [3.63, 3.8) is 0 Å². The van der Waals surface area contributed by atoms with Crippen LogP contribution in [0.5, 0.6) is 0 Å². The Labute approximate surface area is 190 Å². The van der Waals surface area contributed by atoms with Crippen molar-refractivity contribution in [1.82, 2.24) is 14.6 Å². The molecule has 7 heteroatoms. The van der Waals surface area contributed by atoms with Crippen LogP contribution in [0.25, 0.3) is 5.65 Å². The van der Waals surface area contributed by atoms with Gasteiger partial charge in [0.25, 0.3) is 5.91 Å². The number of nitrogens with one attached hydrogen (secondary N) is 3. The van der Waals surface area contributed by atoms with Crippen molar-refractivity contribution in [2.45, 2.75) is 79.7 Å². The van der Waals surface area contributed by atoms with Gasteiger partial charge in [-0.15, -0.1) is 0 Å². The number of aromatic amines is 1. The third-order valence-corrected chi connectivity index (χ3v) is 5.26. The van der Waals surface area contributed by atoms with E-state index in [9.17, 15) is 9.18 Å².